The first-order valence-corrected chi connectivity index (χ1v) is 12.7. The Labute approximate surface area is 212 Å². The number of aryl methyl sites for hydroxylation is 1. The van der Waals surface area contributed by atoms with Gasteiger partial charge < -0.3 is 30.7 Å². The number of anilines is 2. The van der Waals surface area contributed by atoms with Crippen molar-refractivity contribution >= 4 is 23.6 Å². The van der Waals surface area contributed by atoms with Gasteiger partial charge in [-0.15, -0.1) is 0 Å². The maximum Gasteiger partial charge on any atom is 0.410 e. The second kappa shape index (κ2) is 9.76. The molecular formula is C25H39N7O4. The minimum Gasteiger partial charge on any atom is -0.514 e. The molecule has 11 heteroatoms. The molecule has 0 radical (unpaired) electrons. The zero-order valence-electron chi connectivity index (χ0n) is 22.0. The molecule has 3 fully saturated rings. The second-order valence-electron chi connectivity index (χ2n) is 11.2. The lowest BCUT2D eigenvalue weighted by Gasteiger charge is -2.49. The molecule has 0 bridgehead atoms. The second-order valence-corrected chi connectivity index (χ2v) is 11.2. The third kappa shape index (κ3) is 5.21. The fourth-order valence-corrected chi connectivity index (χ4v) is 5.63. The highest BCUT2D eigenvalue weighted by Crippen LogP contribution is 2.52. The van der Waals surface area contributed by atoms with Crippen LogP contribution in [0.1, 0.15) is 63.1 Å². The monoisotopic (exact) mass is 501 g/mol. The summed E-state index contributed by atoms with van der Waals surface area (Å²) in [6.07, 6.45) is 4.61. The number of amides is 2. The Morgan fingerprint density at radius 2 is 1.86 bits per heavy atom. The van der Waals surface area contributed by atoms with E-state index in [0.717, 1.165) is 51.4 Å². The fraction of sp³-hybridized carbons (Fsp3) is 0.680. The van der Waals surface area contributed by atoms with E-state index in [4.69, 9.17) is 15.6 Å². The molecule has 36 heavy (non-hydrogen) atoms. The molecule has 3 heterocycles. The fourth-order valence-electron chi connectivity index (χ4n) is 5.63. The van der Waals surface area contributed by atoms with E-state index in [1.165, 1.54) is 0 Å². The van der Waals surface area contributed by atoms with Crippen LogP contribution in [0.3, 0.4) is 0 Å². The summed E-state index contributed by atoms with van der Waals surface area (Å²) < 4.78 is 5.56. The minimum absolute atomic E-state index is 0.0410. The van der Waals surface area contributed by atoms with Gasteiger partial charge in [-0.1, -0.05) is 6.92 Å². The first-order chi connectivity index (χ1) is 16.9. The number of hydrogen-bond acceptors (Lipinski definition) is 9. The average Bonchev–Trinajstić information content (AvgIpc) is 3.45. The molecule has 1 aliphatic carbocycles. The number of carbonyl (C=O) groups is 2. The molecule has 1 aromatic heterocycles. The first kappa shape index (κ1) is 26.0. The molecule has 2 aliphatic heterocycles. The van der Waals surface area contributed by atoms with Crippen molar-refractivity contribution in [3.05, 3.63) is 23.8 Å². The number of ether oxygens (including phenoxy) is 1. The predicted molar refractivity (Wildman–Crippen MR) is 137 cm³/mol. The van der Waals surface area contributed by atoms with E-state index in [0.29, 0.717) is 36.6 Å². The maximum atomic E-state index is 12.5. The summed E-state index contributed by atoms with van der Waals surface area (Å²) in [6.45, 7) is 13.7. The summed E-state index contributed by atoms with van der Waals surface area (Å²) >= 11 is 0. The SMILES string of the molecule is Cc1nc(C(=O)N/C=C/O)c(N)nc1N1CCN(C2CCN(C(=O)OC(C)(C)C)CC2)C2(C[C@H]2C)C1. The Morgan fingerprint density at radius 3 is 2.44 bits per heavy atom. The number of aliphatic hydroxyl groups excluding tert-OH is 1. The standard InChI is InChI=1S/C25H39N7O4/c1-16-14-25(16)15-31(21-17(2)28-19(20(26)29-21)22(34)27-8-13-33)11-12-32(25)18-6-9-30(10-7-18)23(35)36-24(3,4)5/h8,13,16,18,33H,6-7,9-12,14-15H2,1-5H3,(H2,26,29)(H,27,34)/b13-8+/t16-,25?/m1/s1. The van der Waals surface area contributed by atoms with Crippen LogP contribution in [0.2, 0.25) is 0 Å². The van der Waals surface area contributed by atoms with Crippen LogP contribution < -0.4 is 16.0 Å². The molecule has 1 spiro atoms. The molecule has 1 saturated carbocycles. The van der Waals surface area contributed by atoms with Crippen molar-refractivity contribution in [3.8, 4) is 0 Å². The van der Waals surface area contributed by atoms with E-state index in [1.54, 1.807) is 0 Å². The predicted octanol–water partition coefficient (Wildman–Crippen LogP) is 2.43. The number of nitrogens with one attached hydrogen (secondary N) is 1. The smallest absolute Gasteiger partial charge is 0.410 e. The molecule has 198 valence electrons. The van der Waals surface area contributed by atoms with Crippen LogP contribution >= 0.6 is 0 Å². The summed E-state index contributed by atoms with van der Waals surface area (Å²) in [5, 5.41) is 11.2. The number of nitrogens with zero attached hydrogens (tertiary/aromatic N) is 5. The molecule has 3 aliphatic rings. The van der Waals surface area contributed by atoms with Crippen molar-refractivity contribution < 1.29 is 19.4 Å². The number of likely N-dealkylation sites (tertiary alicyclic amines) is 1. The highest BCUT2D eigenvalue weighted by Gasteiger charge is 2.59. The van der Waals surface area contributed by atoms with E-state index in [-0.39, 0.29) is 23.1 Å². The lowest BCUT2D eigenvalue weighted by Crippen LogP contribution is -2.61. The van der Waals surface area contributed by atoms with E-state index < -0.39 is 11.5 Å². The number of piperidine rings is 1. The van der Waals surface area contributed by atoms with Crippen LogP contribution in [0.15, 0.2) is 12.5 Å². The van der Waals surface area contributed by atoms with Crippen molar-refractivity contribution in [1.29, 1.82) is 0 Å². The molecule has 2 atom stereocenters. The zero-order valence-corrected chi connectivity index (χ0v) is 22.0. The number of aromatic nitrogens is 2. The Morgan fingerprint density at radius 1 is 1.19 bits per heavy atom. The van der Waals surface area contributed by atoms with Crippen molar-refractivity contribution in [2.24, 2.45) is 5.92 Å². The molecule has 4 rings (SSSR count). The zero-order chi connectivity index (χ0) is 26.3. The topological polar surface area (TPSA) is 137 Å². The largest absolute Gasteiger partial charge is 0.514 e. The Hall–Kier alpha value is -3.08. The van der Waals surface area contributed by atoms with E-state index in [2.05, 4.69) is 32.0 Å². The van der Waals surface area contributed by atoms with Crippen LogP contribution in [0.5, 0.6) is 0 Å². The van der Waals surface area contributed by atoms with E-state index in [1.807, 2.05) is 32.6 Å². The number of aliphatic hydroxyl groups is 1. The first-order valence-electron chi connectivity index (χ1n) is 12.7. The molecule has 1 aromatic rings. The number of rotatable bonds is 4. The van der Waals surface area contributed by atoms with Gasteiger partial charge in [0.05, 0.1) is 12.0 Å². The van der Waals surface area contributed by atoms with Gasteiger partial charge in [0.1, 0.15) is 5.60 Å². The third-order valence-corrected chi connectivity index (χ3v) is 7.50. The molecule has 0 aromatic carbocycles. The van der Waals surface area contributed by atoms with Gasteiger partial charge in [0.2, 0.25) is 0 Å². The lowest BCUT2D eigenvalue weighted by molar-refractivity contribution is 0.00627. The normalized spacial score (nSPS) is 25.4. The van der Waals surface area contributed by atoms with Gasteiger partial charge in [-0.2, -0.15) is 0 Å². The van der Waals surface area contributed by atoms with Crippen LogP contribution in [-0.2, 0) is 4.74 Å². The molecule has 2 amide bonds. The van der Waals surface area contributed by atoms with Gasteiger partial charge in [0.25, 0.3) is 5.91 Å². The Kier molecular flexibility index (Phi) is 7.05. The molecular weight excluding hydrogens is 462 g/mol. The van der Waals surface area contributed by atoms with E-state index in [9.17, 15) is 9.59 Å². The highest BCUT2D eigenvalue weighted by molar-refractivity contribution is 5.97. The summed E-state index contributed by atoms with van der Waals surface area (Å²) in [7, 11) is 0. The summed E-state index contributed by atoms with van der Waals surface area (Å²) in [6, 6.07) is 0.429. The maximum absolute atomic E-state index is 12.5. The molecule has 11 nitrogen and oxygen atoms in total. The third-order valence-electron chi connectivity index (χ3n) is 7.50. The molecule has 4 N–H and O–H groups in total. The number of hydrogen-bond donors (Lipinski definition) is 3. The molecule has 2 saturated heterocycles. The Balaban J connectivity index is 1.43. The van der Waals surface area contributed by atoms with Crippen molar-refractivity contribution in [1.82, 2.24) is 25.1 Å². The summed E-state index contributed by atoms with van der Waals surface area (Å²) in [5.74, 6) is 0.814. The Bertz CT molecular complexity index is 1030. The van der Waals surface area contributed by atoms with Crippen LogP contribution in [0.4, 0.5) is 16.4 Å². The average molecular weight is 502 g/mol. The number of nitrogen functional groups attached to an aromatic ring is 1. The lowest BCUT2D eigenvalue weighted by atomic mass is 9.97. The molecule has 1 unspecified atom stereocenters. The van der Waals surface area contributed by atoms with Gasteiger partial charge in [-0.3, -0.25) is 9.69 Å². The van der Waals surface area contributed by atoms with E-state index >= 15 is 0 Å². The highest BCUT2D eigenvalue weighted by atomic mass is 16.6. The quantitative estimate of drug-likeness (QED) is 0.531. The van der Waals surface area contributed by atoms with Crippen molar-refractivity contribution in [2.45, 2.75) is 71.1 Å². The van der Waals surface area contributed by atoms with Crippen molar-refractivity contribution in [3.63, 3.8) is 0 Å². The van der Waals surface area contributed by atoms with Gasteiger partial charge >= 0.3 is 6.09 Å². The van der Waals surface area contributed by atoms with Crippen LogP contribution in [0.25, 0.3) is 0 Å². The summed E-state index contributed by atoms with van der Waals surface area (Å²) in [5.41, 5.74) is 6.37. The van der Waals surface area contributed by atoms with Gasteiger partial charge in [0, 0.05) is 50.5 Å². The van der Waals surface area contributed by atoms with Crippen LogP contribution in [0, 0.1) is 12.8 Å². The number of nitrogens with two attached hydrogens (primary N) is 1. The number of carbonyl (C=O) groups excluding carboxylic acids is 2. The van der Waals surface area contributed by atoms with Gasteiger partial charge in [-0.05, 0) is 52.9 Å². The minimum atomic E-state index is -0.519. The summed E-state index contributed by atoms with van der Waals surface area (Å²) in [4.78, 5) is 40.5. The van der Waals surface area contributed by atoms with Crippen molar-refractivity contribution in [2.75, 3.05) is 43.4 Å². The van der Waals surface area contributed by atoms with Gasteiger partial charge in [0.15, 0.2) is 17.3 Å². The van der Waals surface area contributed by atoms with Crippen LogP contribution in [-0.4, -0.2) is 86.8 Å². The van der Waals surface area contributed by atoms with Gasteiger partial charge in [-0.25, -0.2) is 14.8 Å². The number of piperazine rings is 1.